The predicted octanol–water partition coefficient (Wildman–Crippen LogP) is 2.18. The number of morpholine rings is 1. The number of hydrogen-bond acceptors (Lipinski definition) is 3. The summed E-state index contributed by atoms with van der Waals surface area (Å²) in [5.41, 5.74) is 1.28. The Hall–Kier alpha value is -2.58. The molecule has 144 valence electrons. The number of quaternary nitrogens is 1. The van der Waals surface area contributed by atoms with Gasteiger partial charge in [0.15, 0.2) is 6.04 Å². The number of ether oxygens (including phenoxy) is 2. The lowest BCUT2D eigenvalue weighted by molar-refractivity contribution is -0.929. The van der Waals surface area contributed by atoms with E-state index in [1.54, 1.807) is 0 Å². The van der Waals surface area contributed by atoms with Gasteiger partial charge in [-0.15, -0.1) is 13.2 Å². The zero-order valence-electron chi connectivity index (χ0n) is 14.5. The Morgan fingerprint density at radius 1 is 1.04 bits per heavy atom. The van der Waals surface area contributed by atoms with Crippen LogP contribution in [0, 0.1) is 0 Å². The molecule has 3 rings (SSSR count). The number of anilines is 1. The Morgan fingerprint density at radius 3 is 2.26 bits per heavy atom. The lowest BCUT2D eigenvalue weighted by Crippen LogP contribution is -3.15. The molecule has 0 aliphatic carbocycles. The minimum absolute atomic E-state index is 0.220. The highest BCUT2D eigenvalue weighted by molar-refractivity contribution is 5.94. The average Bonchev–Trinajstić information content (AvgIpc) is 2.64. The summed E-state index contributed by atoms with van der Waals surface area (Å²) >= 11 is 0. The molecule has 0 unspecified atom stereocenters. The van der Waals surface area contributed by atoms with E-state index in [0.717, 1.165) is 10.5 Å². The smallest absolute Gasteiger partial charge is 0.406 e. The van der Waals surface area contributed by atoms with Gasteiger partial charge in [0.2, 0.25) is 0 Å². The van der Waals surface area contributed by atoms with Crippen LogP contribution in [0.25, 0.3) is 0 Å². The van der Waals surface area contributed by atoms with Gasteiger partial charge in [0.05, 0.1) is 13.2 Å². The molecule has 2 aromatic rings. The van der Waals surface area contributed by atoms with Crippen molar-refractivity contribution in [2.75, 3.05) is 31.6 Å². The highest BCUT2D eigenvalue weighted by atomic mass is 19.4. The van der Waals surface area contributed by atoms with Gasteiger partial charge in [-0.1, -0.05) is 30.3 Å². The van der Waals surface area contributed by atoms with Gasteiger partial charge in [-0.2, -0.15) is 0 Å². The maximum atomic E-state index is 12.9. The summed E-state index contributed by atoms with van der Waals surface area (Å²) in [5.74, 6) is -0.554. The van der Waals surface area contributed by atoms with Gasteiger partial charge in [-0.3, -0.25) is 4.79 Å². The van der Waals surface area contributed by atoms with E-state index in [1.165, 1.54) is 24.3 Å². The van der Waals surface area contributed by atoms with Crippen LogP contribution >= 0.6 is 0 Å². The molecule has 0 aromatic heterocycles. The van der Waals surface area contributed by atoms with Crippen LogP contribution in [-0.4, -0.2) is 38.6 Å². The molecular formula is C19H20F3N2O3+. The summed E-state index contributed by atoms with van der Waals surface area (Å²) in [4.78, 5) is 14.0. The molecule has 27 heavy (non-hydrogen) atoms. The Balaban J connectivity index is 1.74. The number of benzene rings is 2. The van der Waals surface area contributed by atoms with E-state index in [1.807, 2.05) is 30.3 Å². The van der Waals surface area contributed by atoms with Gasteiger partial charge in [0.25, 0.3) is 5.91 Å². The van der Waals surface area contributed by atoms with Gasteiger partial charge in [0, 0.05) is 11.3 Å². The largest absolute Gasteiger partial charge is 0.573 e. The maximum absolute atomic E-state index is 12.9. The normalized spacial score (nSPS) is 16.6. The number of hydrogen-bond donors (Lipinski definition) is 2. The highest BCUT2D eigenvalue weighted by Crippen LogP contribution is 2.24. The van der Waals surface area contributed by atoms with E-state index in [9.17, 15) is 18.0 Å². The topological polar surface area (TPSA) is 52.0 Å². The van der Waals surface area contributed by atoms with E-state index in [4.69, 9.17) is 4.74 Å². The van der Waals surface area contributed by atoms with Crippen molar-refractivity contribution in [2.24, 2.45) is 0 Å². The zero-order chi connectivity index (χ0) is 19.3. The van der Waals surface area contributed by atoms with Crippen LogP contribution < -0.4 is 15.0 Å². The number of rotatable bonds is 5. The third kappa shape index (κ3) is 5.45. The van der Waals surface area contributed by atoms with Crippen molar-refractivity contribution in [3.05, 3.63) is 60.2 Å². The first-order valence-corrected chi connectivity index (χ1v) is 8.56. The van der Waals surface area contributed by atoms with Crippen molar-refractivity contribution >= 4 is 11.6 Å². The minimum atomic E-state index is -4.75. The van der Waals surface area contributed by atoms with E-state index in [-0.39, 0.29) is 11.7 Å². The van der Waals surface area contributed by atoms with Crippen molar-refractivity contribution in [3.63, 3.8) is 0 Å². The zero-order valence-corrected chi connectivity index (χ0v) is 14.5. The molecular weight excluding hydrogens is 361 g/mol. The molecule has 1 atom stereocenters. The molecule has 1 aliphatic heterocycles. The fraction of sp³-hybridized carbons (Fsp3) is 0.316. The molecule has 1 saturated heterocycles. The lowest BCUT2D eigenvalue weighted by atomic mass is 10.0. The number of halogens is 3. The Morgan fingerprint density at radius 2 is 1.67 bits per heavy atom. The van der Waals surface area contributed by atoms with E-state index in [0.29, 0.717) is 32.0 Å². The van der Waals surface area contributed by atoms with E-state index < -0.39 is 12.4 Å². The third-order valence-corrected chi connectivity index (χ3v) is 4.29. The molecule has 8 heteroatoms. The summed E-state index contributed by atoms with van der Waals surface area (Å²) < 4.78 is 46.0. The van der Waals surface area contributed by atoms with Crippen LogP contribution in [0.5, 0.6) is 5.75 Å². The monoisotopic (exact) mass is 381 g/mol. The molecule has 0 bridgehead atoms. The quantitative estimate of drug-likeness (QED) is 0.835. The van der Waals surface area contributed by atoms with E-state index in [2.05, 4.69) is 10.1 Å². The van der Waals surface area contributed by atoms with Crippen molar-refractivity contribution in [1.82, 2.24) is 0 Å². The molecule has 2 N–H and O–H groups in total. The van der Waals surface area contributed by atoms with Crippen LogP contribution in [-0.2, 0) is 9.53 Å². The van der Waals surface area contributed by atoms with Crippen molar-refractivity contribution in [3.8, 4) is 5.75 Å². The fourth-order valence-corrected chi connectivity index (χ4v) is 3.09. The van der Waals surface area contributed by atoms with Crippen LogP contribution in [0.3, 0.4) is 0 Å². The summed E-state index contributed by atoms with van der Waals surface area (Å²) in [6, 6.07) is 14.1. The third-order valence-electron chi connectivity index (χ3n) is 4.29. The van der Waals surface area contributed by atoms with Crippen LogP contribution in [0.4, 0.5) is 18.9 Å². The second-order valence-electron chi connectivity index (χ2n) is 6.18. The molecule has 1 aliphatic rings. The highest BCUT2D eigenvalue weighted by Gasteiger charge is 2.33. The molecule has 1 fully saturated rings. The molecule has 5 nitrogen and oxygen atoms in total. The molecule has 1 amide bonds. The number of nitrogens with one attached hydrogen (secondary N) is 2. The number of carbonyl (C=O) groups is 1. The minimum Gasteiger partial charge on any atom is -0.406 e. The molecule has 2 aromatic carbocycles. The predicted molar refractivity (Wildman–Crippen MR) is 92.5 cm³/mol. The van der Waals surface area contributed by atoms with Gasteiger partial charge < -0.3 is 19.7 Å². The van der Waals surface area contributed by atoms with Crippen LogP contribution in [0.15, 0.2) is 54.6 Å². The SMILES string of the molecule is O=C(Nc1ccc(OC(F)(F)F)cc1)[C@H](c1ccccc1)[NH+]1CCOCC1. The molecule has 0 saturated carbocycles. The Kier molecular flexibility index (Phi) is 5.98. The van der Waals surface area contributed by atoms with E-state index >= 15 is 0 Å². The molecule has 0 radical (unpaired) electrons. The lowest BCUT2D eigenvalue weighted by Gasteiger charge is -2.30. The maximum Gasteiger partial charge on any atom is 0.573 e. The summed E-state index contributed by atoms with van der Waals surface area (Å²) in [6.07, 6.45) is -4.75. The van der Waals surface area contributed by atoms with Crippen LogP contribution in [0.1, 0.15) is 11.6 Å². The second kappa shape index (κ2) is 8.41. The van der Waals surface area contributed by atoms with Crippen molar-refractivity contribution in [2.45, 2.75) is 12.4 Å². The second-order valence-corrected chi connectivity index (χ2v) is 6.18. The first kappa shape index (κ1) is 19.2. The number of carbonyl (C=O) groups excluding carboxylic acids is 1. The van der Waals surface area contributed by atoms with Gasteiger partial charge in [-0.05, 0) is 24.3 Å². The molecule has 0 spiro atoms. The Bertz CT molecular complexity index is 745. The van der Waals surface area contributed by atoms with Gasteiger partial charge >= 0.3 is 6.36 Å². The Labute approximate surface area is 154 Å². The standard InChI is InChI=1S/C19H19F3N2O3/c20-19(21,22)27-16-8-6-15(7-9-16)23-18(25)17(14-4-2-1-3-5-14)24-10-12-26-13-11-24/h1-9,17H,10-13H2,(H,23,25)/p+1/t17-/m0/s1. The van der Waals surface area contributed by atoms with Gasteiger partial charge in [-0.25, -0.2) is 0 Å². The molecule has 1 heterocycles. The summed E-state index contributed by atoms with van der Waals surface area (Å²) in [7, 11) is 0. The van der Waals surface area contributed by atoms with Gasteiger partial charge in [0.1, 0.15) is 18.8 Å². The first-order valence-electron chi connectivity index (χ1n) is 8.56. The first-order chi connectivity index (χ1) is 12.9. The van der Waals surface area contributed by atoms with Crippen molar-refractivity contribution < 1.29 is 32.3 Å². The number of alkyl halides is 3. The average molecular weight is 381 g/mol. The summed E-state index contributed by atoms with van der Waals surface area (Å²) in [5, 5.41) is 2.79. The van der Waals surface area contributed by atoms with Crippen molar-refractivity contribution in [1.29, 1.82) is 0 Å². The number of amides is 1. The summed E-state index contributed by atoms with van der Waals surface area (Å²) in [6.45, 7) is 2.56. The van der Waals surface area contributed by atoms with Crippen LogP contribution in [0.2, 0.25) is 0 Å². The fourth-order valence-electron chi connectivity index (χ4n) is 3.09.